The number of oxazole rings is 1. The maximum atomic E-state index is 11.5. The smallest absolute Gasteiger partial charge is 0.407 e. The molecule has 0 aliphatic rings. The second kappa shape index (κ2) is 8.40. The summed E-state index contributed by atoms with van der Waals surface area (Å²) in [4.78, 5) is 19.9. The molecule has 23 heavy (non-hydrogen) atoms. The molecule has 1 aromatic heterocycles. The number of hydrogen-bond acceptors (Lipinski definition) is 5. The number of aliphatic imine (C=N–C) groups is 1. The average Bonchev–Trinajstić information content (AvgIpc) is 2.75. The first-order valence-electron chi connectivity index (χ1n) is 7.55. The molecule has 1 amide bonds. The van der Waals surface area contributed by atoms with Crippen molar-refractivity contribution in [3.63, 3.8) is 0 Å². The van der Waals surface area contributed by atoms with Crippen molar-refractivity contribution in [2.75, 3.05) is 20.1 Å². The predicted molar refractivity (Wildman–Crippen MR) is 88.4 cm³/mol. The molecule has 3 N–H and O–H groups in total. The standard InChI is InChI=1S/C15H27N5O3/c1-10-11(2)22-12(20-10)9-19-13(16-6)17-7-8-18-14(21)23-15(3,4)5/h7-9H2,1-6H3,(H,18,21)(H2,16,17,19). The van der Waals surface area contributed by atoms with Crippen LogP contribution in [-0.2, 0) is 11.3 Å². The number of hydrogen-bond donors (Lipinski definition) is 3. The lowest BCUT2D eigenvalue weighted by Crippen LogP contribution is -2.42. The first kappa shape index (κ1) is 18.8. The lowest BCUT2D eigenvalue weighted by atomic mass is 10.2. The van der Waals surface area contributed by atoms with Crippen LogP contribution in [0, 0.1) is 13.8 Å². The zero-order valence-corrected chi connectivity index (χ0v) is 14.7. The fourth-order valence-electron chi connectivity index (χ4n) is 1.65. The first-order valence-corrected chi connectivity index (χ1v) is 7.55. The van der Waals surface area contributed by atoms with Crippen molar-refractivity contribution in [1.82, 2.24) is 20.9 Å². The van der Waals surface area contributed by atoms with Crippen molar-refractivity contribution in [3.8, 4) is 0 Å². The van der Waals surface area contributed by atoms with Crippen LogP contribution in [0.25, 0.3) is 0 Å². The number of amides is 1. The highest BCUT2D eigenvalue weighted by atomic mass is 16.6. The highest BCUT2D eigenvalue weighted by Crippen LogP contribution is 2.07. The van der Waals surface area contributed by atoms with Gasteiger partial charge in [-0.25, -0.2) is 9.78 Å². The van der Waals surface area contributed by atoms with Crippen molar-refractivity contribution >= 4 is 12.1 Å². The van der Waals surface area contributed by atoms with E-state index in [1.807, 2.05) is 34.6 Å². The topological polar surface area (TPSA) is 101 Å². The summed E-state index contributed by atoms with van der Waals surface area (Å²) in [6, 6.07) is 0. The second-order valence-electron chi connectivity index (χ2n) is 6.03. The Morgan fingerprint density at radius 1 is 1.22 bits per heavy atom. The van der Waals surface area contributed by atoms with Crippen LogP contribution in [-0.4, -0.2) is 42.8 Å². The molecule has 1 rings (SSSR count). The van der Waals surface area contributed by atoms with Gasteiger partial charge in [-0.15, -0.1) is 0 Å². The van der Waals surface area contributed by atoms with Gasteiger partial charge in [0.1, 0.15) is 11.4 Å². The van der Waals surface area contributed by atoms with Crippen LogP contribution in [0.4, 0.5) is 4.79 Å². The summed E-state index contributed by atoms with van der Waals surface area (Å²) in [5, 5.41) is 8.84. The van der Waals surface area contributed by atoms with E-state index in [0.29, 0.717) is 31.5 Å². The molecule has 0 saturated heterocycles. The summed E-state index contributed by atoms with van der Waals surface area (Å²) in [6.45, 7) is 10.6. The Kier molecular flexibility index (Phi) is 6.87. The average molecular weight is 325 g/mol. The molecule has 0 fully saturated rings. The molecule has 0 atom stereocenters. The van der Waals surface area contributed by atoms with Crippen LogP contribution in [0.2, 0.25) is 0 Å². The summed E-state index contributed by atoms with van der Waals surface area (Å²) < 4.78 is 10.6. The van der Waals surface area contributed by atoms with Gasteiger partial charge in [-0.1, -0.05) is 0 Å². The van der Waals surface area contributed by atoms with Crippen LogP contribution >= 0.6 is 0 Å². The molecule has 0 spiro atoms. The molecule has 0 saturated carbocycles. The molecule has 0 radical (unpaired) electrons. The van der Waals surface area contributed by atoms with E-state index < -0.39 is 11.7 Å². The van der Waals surface area contributed by atoms with Crippen molar-refractivity contribution in [3.05, 3.63) is 17.3 Å². The van der Waals surface area contributed by atoms with Gasteiger partial charge < -0.3 is 25.1 Å². The van der Waals surface area contributed by atoms with Crippen LogP contribution in [0.5, 0.6) is 0 Å². The van der Waals surface area contributed by atoms with Gasteiger partial charge in [0.15, 0.2) is 5.96 Å². The quantitative estimate of drug-likeness (QED) is 0.431. The number of guanidine groups is 1. The number of carbonyl (C=O) groups excluding carboxylic acids is 1. The number of rotatable bonds is 5. The summed E-state index contributed by atoms with van der Waals surface area (Å²) in [5.41, 5.74) is 0.382. The molecular formula is C15H27N5O3. The minimum Gasteiger partial charge on any atom is -0.444 e. The van der Waals surface area contributed by atoms with Crippen LogP contribution in [0.3, 0.4) is 0 Å². The molecule has 0 aromatic carbocycles. The molecule has 1 heterocycles. The Morgan fingerprint density at radius 3 is 2.39 bits per heavy atom. The van der Waals surface area contributed by atoms with Crippen molar-refractivity contribution < 1.29 is 13.9 Å². The van der Waals surface area contributed by atoms with E-state index in [0.717, 1.165) is 11.5 Å². The monoisotopic (exact) mass is 325 g/mol. The maximum Gasteiger partial charge on any atom is 0.407 e. The molecule has 1 aromatic rings. The summed E-state index contributed by atoms with van der Waals surface area (Å²) in [5.74, 6) is 2.02. The zero-order valence-electron chi connectivity index (χ0n) is 14.7. The Hall–Kier alpha value is -2.25. The zero-order chi connectivity index (χ0) is 17.5. The fraction of sp³-hybridized carbons (Fsp3) is 0.667. The van der Waals surface area contributed by atoms with Gasteiger partial charge in [0.25, 0.3) is 0 Å². The third kappa shape index (κ3) is 7.53. The van der Waals surface area contributed by atoms with Crippen LogP contribution in [0.1, 0.15) is 38.1 Å². The van der Waals surface area contributed by atoms with Crippen molar-refractivity contribution in [1.29, 1.82) is 0 Å². The summed E-state index contributed by atoms with van der Waals surface area (Å²) in [6.07, 6.45) is -0.437. The predicted octanol–water partition coefficient (Wildman–Crippen LogP) is 1.48. The number of carbonyl (C=O) groups is 1. The van der Waals surface area contributed by atoms with Gasteiger partial charge in [0.2, 0.25) is 5.89 Å². The number of alkyl carbamates (subject to hydrolysis) is 1. The van der Waals surface area contributed by atoms with E-state index in [-0.39, 0.29) is 0 Å². The Bertz CT molecular complexity index is 526. The van der Waals surface area contributed by atoms with Gasteiger partial charge in [-0.3, -0.25) is 4.99 Å². The lowest BCUT2D eigenvalue weighted by molar-refractivity contribution is 0.0529. The molecule has 0 aliphatic heterocycles. The molecule has 130 valence electrons. The minimum atomic E-state index is -0.499. The van der Waals surface area contributed by atoms with Crippen LogP contribution < -0.4 is 16.0 Å². The van der Waals surface area contributed by atoms with E-state index in [9.17, 15) is 4.79 Å². The number of nitrogens with zero attached hydrogens (tertiary/aromatic N) is 2. The number of aryl methyl sites for hydroxylation is 2. The van der Waals surface area contributed by atoms with Gasteiger partial charge in [0, 0.05) is 20.1 Å². The first-order chi connectivity index (χ1) is 10.7. The Labute approximate surface area is 137 Å². The van der Waals surface area contributed by atoms with Crippen molar-refractivity contribution in [2.24, 2.45) is 4.99 Å². The SMILES string of the molecule is CN=C(NCCNC(=O)OC(C)(C)C)NCc1nc(C)c(C)o1. The van der Waals surface area contributed by atoms with E-state index in [2.05, 4.69) is 25.9 Å². The van der Waals surface area contributed by atoms with E-state index in [1.54, 1.807) is 7.05 Å². The fourth-order valence-corrected chi connectivity index (χ4v) is 1.65. The van der Waals surface area contributed by atoms with Crippen LogP contribution in [0.15, 0.2) is 9.41 Å². The maximum absolute atomic E-state index is 11.5. The molecule has 8 nitrogen and oxygen atoms in total. The van der Waals surface area contributed by atoms with Gasteiger partial charge in [-0.05, 0) is 34.6 Å². The largest absolute Gasteiger partial charge is 0.444 e. The third-order valence-electron chi connectivity index (χ3n) is 2.79. The molecule has 0 unspecified atom stereocenters. The van der Waals surface area contributed by atoms with E-state index >= 15 is 0 Å². The molecular weight excluding hydrogens is 298 g/mol. The summed E-state index contributed by atoms with van der Waals surface area (Å²) in [7, 11) is 1.67. The number of ether oxygens (including phenoxy) is 1. The summed E-state index contributed by atoms with van der Waals surface area (Å²) >= 11 is 0. The molecule has 8 heteroatoms. The van der Waals surface area contributed by atoms with E-state index in [1.165, 1.54) is 0 Å². The van der Waals surface area contributed by atoms with Gasteiger partial charge in [-0.2, -0.15) is 0 Å². The van der Waals surface area contributed by atoms with Gasteiger partial charge in [0.05, 0.1) is 12.2 Å². The Morgan fingerprint density at radius 2 is 1.87 bits per heavy atom. The number of nitrogens with one attached hydrogen (secondary N) is 3. The third-order valence-corrected chi connectivity index (χ3v) is 2.79. The number of aromatic nitrogens is 1. The highest BCUT2D eigenvalue weighted by molar-refractivity contribution is 5.79. The van der Waals surface area contributed by atoms with Crippen molar-refractivity contribution in [2.45, 2.75) is 46.8 Å². The van der Waals surface area contributed by atoms with E-state index in [4.69, 9.17) is 9.15 Å². The van der Waals surface area contributed by atoms with Gasteiger partial charge >= 0.3 is 6.09 Å². The normalized spacial score (nSPS) is 12.0. The highest BCUT2D eigenvalue weighted by Gasteiger charge is 2.15. The minimum absolute atomic E-state index is 0.423. The molecule has 0 aliphatic carbocycles. The molecule has 0 bridgehead atoms. The lowest BCUT2D eigenvalue weighted by Gasteiger charge is -2.19. The Balaban J connectivity index is 2.25. The second-order valence-corrected chi connectivity index (χ2v) is 6.03.